The summed E-state index contributed by atoms with van der Waals surface area (Å²) in [4.78, 5) is 0. The third-order valence-electron chi connectivity index (χ3n) is 4.02. The molecule has 0 saturated heterocycles. The third kappa shape index (κ3) is 3.35. The number of aryl methyl sites for hydroxylation is 1. The van der Waals surface area contributed by atoms with Crippen molar-refractivity contribution in [3.05, 3.63) is 23.7 Å². The molecule has 1 heterocycles. The average Bonchev–Trinajstić information content (AvgIpc) is 2.86. The van der Waals surface area contributed by atoms with Crippen molar-refractivity contribution in [1.82, 2.24) is 5.32 Å². The van der Waals surface area contributed by atoms with Crippen LogP contribution in [0.15, 0.2) is 16.5 Å². The van der Waals surface area contributed by atoms with Gasteiger partial charge in [0.15, 0.2) is 0 Å². The molecule has 0 radical (unpaired) electrons. The summed E-state index contributed by atoms with van der Waals surface area (Å²) in [6.45, 7) is 2.14. The van der Waals surface area contributed by atoms with Crippen LogP contribution in [-0.4, -0.2) is 7.05 Å². The van der Waals surface area contributed by atoms with E-state index in [1.165, 1.54) is 38.5 Å². The fourth-order valence-corrected chi connectivity index (χ4v) is 2.90. The van der Waals surface area contributed by atoms with Crippen LogP contribution in [0.5, 0.6) is 0 Å². The van der Waals surface area contributed by atoms with Crippen LogP contribution in [0, 0.1) is 5.92 Å². The third-order valence-corrected chi connectivity index (χ3v) is 4.02. The zero-order valence-corrected chi connectivity index (χ0v) is 11.2. The van der Waals surface area contributed by atoms with Crippen LogP contribution < -0.4 is 5.32 Å². The number of rotatable bonds is 5. The lowest BCUT2D eigenvalue weighted by molar-refractivity contribution is 0.284. The minimum Gasteiger partial charge on any atom is -0.464 e. The minimum absolute atomic E-state index is 0.401. The normalized spacial score (nSPS) is 19.4. The van der Waals surface area contributed by atoms with E-state index in [2.05, 4.69) is 24.4 Å². The summed E-state index contributed by atoms with van der Waals surface area (Å²) >= 11 is 0. The van der Waals surface area contributed by atoms with Gasteiger partial charge in [-0.25, -0.2) is 0 Å². The number of furan rings is 1. The largest absolute Gasteiger partial charge is 0.464 e. The molecule has 0 aliphatic heterocycles. The monoisotopic (exact) mass is 235 g/mol. The van der Waals surface area contributed by atoms with Crippen molar-refractivity contribution < 1.29 is 4.42 Å². The van der Waals surface area contributed by atoms with Crippen LogP contribution in [0.1, 0.15) is 63.0 Å². The quantitative estimate of drug-likeness (QED) is 0.832. The maximum Gasteiger partial charge on any atom is 0.121 e. The minimum atomic E-state index is 0.401. The zero-order valence-electron chi connectivity index (χ0n) is 11.2. The Kier molecular flexibility index (Phi) is 4.66. The van der Waals surface area contributed by atoms with Crippen molar-refractivity contribution in [3.63, 3.8) is 0 Å². The SMILES string of the molecule is CCc1ccc(C(CC2CCCCC2)NC)o1. The van der Waals surface area contributed by atoms with E-state index in [1.807, 2.05) is 7.05 Å². The summed E-state index contributed by atoms with van der Waals surface area (Å²) in [6.07, 6.45) is 9.28. The second-order valence-corrected chi connectivity index (χ2v) is 5.24. The molecule has 0 amide bonds. The lowest BCUT2D eigenvalue weighted by atomic mass is 9.84. The van der Waals surface area contributed by atoms with Gasteiger partial charge in [-0.2, -0.15) is 0 Å². The molecular formula is C15H25NO. The first kappa shape index (κ1) is 12.7. The molecule has 1 fully saturated rings. The first-order valence-corrected chi connectivity index (χ1v) is 7.09. The van der Waals surface area contributed by atoms with E-state index < -0.39 is 0 Å². The molecule has 1 atom stereocenters. The molecule has 1 aliphatic carbocycles. The highest BCUT2D eigenvalue weighted by molar-refractivity contribution is 5.11. The van der Waals surface area contributed by atoms with Gasteiger partial charge in [0.05, 0.1) is 6.04 Å². The summed E-state index contributed by atoms with van der Waals surface area (Å²) in [5, 5.41) is 3.41. The van der Waals surface area contributed by atoms with Gasteiger partial charge in [0, 0.05) is 6.42 Å². The molecule has 0 spiro atoms. The Bertz CT molecular complexity index is 325. The van der Waals surface area contributed by atoms with Crippen molar-refractivity contribution in [3.8, 4) is 0 Å². The van der Waals surface area contributed by atoms with Gasteiger partial charge in [0.25, 0.3) is 0 Å². The van der Waals surface area contributed by atoms with Gasteiger partial charge in [-0.1, -0.05) is 39.0 Å². The van der Waals surface area contributed by atoms with Gasteiger partial charge >= 0.3 is 0 Å². The van der Waals surface area contributed by atoms with E-state index >= 15 is 0 Å². The van der Waals surface area contributed by atoms with Crippen LogP contribution in [0.25, 0.3) is 0 Å². The van der Waals surface area contributed by atoms with E-state index in [1.54, 1.807) is 0 Å². The van der Waals surface area contributed by atoms with Crippen molar-refractivity contribution in [1.29, 1.82) is 0 Å². The zero-order chi connectivity index (χ0) is 12.1. The van der Waals surface area contributed by atoms with Crippen LogP contribution in [0.2, 0.25) is 0 Å². The molecule has 1 aromatic rings. The maximum absolute atomic E-state index is 5.86. The molecule has 1 unspecified atom stereocenters. The first-order valence-electron chi connectivity index (χ1n) is 7.09. The number of hydrogen-bond donors (Lipinski definition) is 1. The molecule has 0 aromatic carbocycles. The summed E-state index contributed by atoms with van der Waals surface area (Å²) < 4.78 is 5.86. The van der Waals surface area contributed by atoms with Crippen molar-refractivity contribution in [2.24, 2.45) is 5.92 Å². The number of hydrogen-bond acceptors (Lipinski definition) is 2. The van der Waals surface area contributed by atoms with Crippen LogP contribution in [-0.2, 0) is 6.42 Å². The summed E-state index contributed by atoms with van der Waals surface area (Å²) in [7, 11) is 2.04. The van der Waals surface area contributed by atoms with Crippen LogP contribution in [0.4, 0.5) is 0 Å². The van der Waals surface area contributed by atoms with Crippen molar-refractivity contribution >= 4 is 0 Å². The standard InChI is InChI=1S/C15H25NO/c1-3-13-9-10-15(17-13)14(16-2)11-12-7-5-4-6-8-12/h9-10,12,14,16H,3-8,11H2,1-2H3. The highest BCUT2D eigenvalue weighted by Crippen LogP contribution is 2.32. The molecule has 2 heteroatoms. The van der Waals surface area contributed by atoms with Gasteiger partial charge in [-0.3, -0.25) is 0 Å². The van der Waals surface area contributed by atoms with Crippen LogP contribution >= 0.6 is 0 Å². The molecule has 1 aliphatic rings. The second kappa shape index (κ2) is 6.25. The van der Waals surface area contributed by atoms with Gasteiger partial charge in [0.2, 0.25) is 0 Å². The molecule has 1 saturated carbocycles. The van der Waals surface area contributed by atoms with Crippen molar-refractivity contribution in [2.75, 3.05) is 7.05 Å². The Balaban J connectivity index is 1.95. The smallest absolute Gasteiger partial charge is 0.121 e. The molecule has 2 nitrogen and oxygen atoms in total. The average molecular weight is 235 g/mol. The predicted octanol–water partition coefficient (Wildman–Crippen LogP) is 4.07. The Labute approximate surface area is 105 Å². The van der Waals surface area contributed by atoms with E-state index in [-0.39, 0.29) is 0 Å². The fraction of sp³-hybridized carbons (Fsp3) is 0.733. The Morgan fingerprint density at radius 3 is 2.65 bits per heavy atom. The summed E-state index contributed by atoms with van der Waals surface area (Å²) in [6, 6.07) is 4.65. The van der Waals surface area contributed by atoms with Gasteiger partial charge in [-0.05, 0) is 31.5 Å². The van der Waals surface area contributed by atoms with Gasteiger partial charge in [-0.15, -0.1) is 0 Å². The summed E-state index contributed by atoms with van der Waals surface area (Å²) in [5.74, 6) is 3.11. The Morgan fingerprint density at radius 2 is 2.06 bits per heavy atom. The molecule has 2 rings (SSSR count). The maximum atomic E-state index is 5.86. The highest BCUT2D eigenvalue weighted by atomic mass is 16.3. The fourth-order valence-electron chi connectivity index (χ4n) is 2.90. The topological polar surface area (TPSA) is 25.2 Å². The van der Waals surface area contributed by atoms with E-state index in [4.69, 9.17) is 4.42 Å². The molecular weight excluding hydrogens is 210 g/mol. The van der Waals surface area contributed by atoms with Gasteiger partial charge < -0.3 is 9.73 Å². The second-order valence-electron chi connectivity index (χ2n) is 5.24. The Hall–Kier alpha value is -0.760. The van der Waals surface area contributed by atoms with Crippen LogP contribution in [0.3, 0.4) is 0 Å². The lowest BCUT2D eigenvalue weighted by Crippen LogP contribution is -2.20. The molecule has 96 valence electrons. The molecule has 0 bridgehead atoms. The van der Waals surface area contributed by atoms with E-state index in [0.717, 1.165) is 23.9 Å². The highest BCUT2D eigenvalue weighted by Gasteiger charge is 2.21. The first-order chi connectivity index (χ1) is 8.33. The Morgan fingerprint density at radius 1 is 1.29 bits per heavy atom. The lowest BCUT2D eigenvalue weighted by Gasteiger charge is -2.25. The molecule has 1 aromatic heterocycles. The van der Waals surface area contributed by atoms with Gasteiger partial charge in [0.1, 0.15) is 11.5 Å². The van der Waals surface area contributed by atoms with Crippen molar-refractivity contribution in [2.45, 2.75) is 57.9 Å². The predicted molar refractivity (Wildman–Crippen MR) is 71.1 cm³/mol. The molecule has 1 N–H and O–H groups in total. The summed E-state index contributed by atoms with van der Waals surface area (Å²) in [5.41, 5.74) is 0. The number of nitrogens with one attached hydrogen (secondary N) is 1. The molecule has 17 heavy (non-hydrogen) atoms. The van der Waals surface area contributed by atoms with E-state index in [9.17, 15) is 0 Å². The van der Waals surface area contributed by atoms with E-state index in [0.29, 0.717) is 6.04 Å².